The van der Waals surface area contributed by atoms with Crippen molar-refractivity contribution in [1.82, 2.24) is 20.3 Å². The molecule has 1 atom stereocenters. The van der Waals surface area contributed by atoms with Crippen molar-refractivity contribution in [3.05, 3.63) is 53.3 Å². The third-order valence-corrected chi connectivity index (χ3v) is 5.39. The summed E-state index contributed by atoms with van der Waals surface area (Å²) in [6.45, 7) is 0. The first-order chi connectivity index (χ1) is 13.6. The van der Waals surface area contributed by atoms with Crippen molar-refractivity contribution in [3.8, 4) is 10.6 Å². The van der Waals surface area contributed by atoms with Gasteiger partial charge in [0.25, 0.3) is 0 Å². The maximum atomic E-state index is 11.4. The first-order valence-corrected chi connectivity index (χ1v) is 9.55. The highest BCUT2D eigenvalue weighted by Crippen LogP contribution is 2.32. The molecule has 0 unspecified atom stereocenters. The Morgan fingerprint density at radius 3 is 2.96 bits per heavy atom. The fourth-order valence-electron chi connectivity index (χ4n) is 2.97. The average molecular weight is 395 g/mol. The van der Waals surface area contributed by atoms with Gasteiger partial charge in [0.15, 0.2) is 0 Å². The topological polar surface area (TPSA) is 117 Å². The van der Waals surface area contributed by atoms with Gasteiger partial charge < -0.3 is 15.7 Å². The van der Waals surface area contributed by atoms with Gasteiger partial charge in [-0.3, -0.25) is 9.59 Å². The molecule has 0 radical (unpaired) electrons. The minimum Gasteiger partial charge on any atom is -0.481 e. The Kier molecular flexibility index (Phi) is 4.98. The summed E-state index contributed by atoms with van der Waals surface area (Å²) in [5.74, 6) is 0.295. The summed E-state index contributed by atoms with van der Waals surface area (Å²) in [6.07, 6.45) is 4.56. The van der Waals surface area contributed by atoms with Crippen molar-refractivity contribution in [2.75, 3.05) is 5.32 Å². The number of nitrogens with zero attached hydrogens (tertiary/aromatic N) is 3. The molecule has 3 aromatic heterocycles. The Morgan fingerprint density at radius 2 is 2.18 bits per heavy atom. The number of aromatic nitrogens is 3. The van der Waals surface area contributed by atoms with Crippen LogP contribution in [0.3, 0.4) is 0 Å². The van der Waals surface area contributed by atoms with Crippen molar-refractivity contribution < 1.29 is 14.7 Å². The molecule has 1 saturated heterocycles. The molecule has 28 heavy (non-hydrogen) atoms. The Labute approximate surface area is 164 Å². The van der Waals surface area contributed by atoms with Crippen LogP contribution < -0.4 is 10.6 Å². The van der Waals surface area contributed by atoms with E-state index < -0.39 is 5.97 Å². The third-order valence-electron chi connectivity index (χ3n) is 4.25. The average Bonchev–Trinajstić information content (AvgIpc) is 3.31. The third kappa shape index (κ3) is 4.15. The smallest absolute Gasteiger partial charge is 0.307 e. The molecule has 1 aliphatic heterocycles. The first-order valence-electron chi connectivity index (χ1n) is 8.73. The van der Waals surface area contributed by atoms with E-state index in [1.165, 1.54) is 11.3 Å². The number of thiazole rings is 1. The number of carbonyl (C=O) groups is 2. The monoisotopic (exact) mass is 395 g/mol. The molecule has 142 valence electrons. The van der Waals surface area contributed by atoms with Crippen LogP contribution in [0.25, 0.3) is 10.6 Å². The lowest BCUT2D eigenvalue weighted by Crippen LogP contribution is -2.17. The fourth-order valence-corrected chi connectivity index (χ4v) is 3.94. The molecule has 0 bridgehead atoms. The van der Waals surface area contributed by atoms with Crippen LogP contribution in [0.1, 0.15) is 29.5 Å². The van der Waals surface area contributed by atoms with Crippen LogP contribution in [0.2, 0.25) is 0 Å². The molecule has 4 heterocycles. The van der Waals surface area contributed by atoms with Gasteiger partial charge in [0.05, 0.1) is 23.0 Å². The molecule has 1 aliphatic rings. The number of carboxylic acid groups (broad SMARTS) is 1. The first kappa shape index (κ1) is 18.1. The van der Waals surface area contributed by atoms with E-state index in [1.54, 1.807) is 24.5 Å². The van der Waals surface area contributed by atoms with Crippen LogP contribution in [0, 0.1) is 0 Å². The molecule has 1 amide bonds. The van der Waals surface area contributed by atoms with Crippen LogP contribution in [0.4, 0.5) is 11.6 Å². The summed E-state index contributed by atoms with van der Waals surface area (Å²) in [7, 11) is 0. The summed E-state index contributed by atoms with van der Waals surface area (Å²) in [4.78, 5) is 36.4. The van der Waals surface area contributed by atoms with E-state index in [9.17, 15) is 9.59 Å². The number of anilines is 2. The van der Waals surface area contributed by atoms with Gasteiger partial charge >= 0.3 is 5.97 Å². The number of aliphatic carboxylic acids is 1. The van der Waals surface area contributed by atoms with E-state index in [0.717, 1.165) is 22.0 Å². The zero-order valence-electron chi connectivity index (χ0n) is 14.8. The SMILES string of the molecule is O=C(O)Cc1ccnc(Nc2cccc(-c3cnc([C@@H]4CCC(=O)N4)s3)n2)c1. The molecule has 0 saturated carbocycles. The zero-order valence-corrected chi connectivity index (χ0v) is 15.6. The Hall–Kier alpha value is -3.33. The van der Waals surface area contributed by atoms with Crippen molar-refractivity contribution in [3.63, 3.8) is 0 Å². The van der Waals surface area contributed by atoms with Crippen LogP contribution in [0.15, 0.2) is 42.7 Å². The second-order valence-corrected chi connectivity index (χ2v) is 7.44. The van der Waals surface area contributed by atoms with Gasteiger partial charge in [-0.25, -0.2) is 15.0 Å². The van der Waals surface area contributed by atoms with E-state index in [0.29, 0.717) is 23.6 Å². The normalized spacial score (nSPS) is 16.0. The predicted octanol–water partition coefficient (Wildman–Crippen LogP) is 2.92. The number of hydrogen-bond donors (Lipinski definition) is 3. The number of rotatable bonds is 6. The molecule has 0 aromatic carbocycles. The lowest BCUT2D eigenvalue weighted by atomic mass is 10.2. The van der Waals surface area contributed by atoms with Gasteiger partial charge in [-0.2, -0.15) is 0 Å². The van der Waals surface area contributed by atoms with Crippen LogP contribution >= 0.6 is 11.3 Å². The summed E-state index contributed by atoms with van der Waals surface area (Å²) in [6, 6.07) is 8.93. The molecular weight excluding hydrogens is 378 g/mol. The van der Waals surface area contributed by atoms with Gasteiger partial charge in [0, 0.05) is 18.8 Å². The van der Waals surface area contributed by atoms with Crippen LogP contribution in [-0.2, 0) is 16.0 Å². The van der Waals surface area contributed by atoms with Gasteiger partial charge in [-0.1, -0.05) is 6.07 Å². The number of nitrogens with one attached hydrogen (secondary N) is 2. The molecule has 3 aromatic rings. The molecule has 0 aliphatic carbocycles. The van der Waals surface area contributed by atoms with E-state index in [4.69, 9.17) is 5.11 Å². The maximum absolute atomic E-state index is 11.4. The van der Waals surface area contributed by atoms with Crippen molar-refractivity contribution >= 4 is 34.8 Å². The quantitative estimate of drug-likeness (QED) is 0.587. The standard InChI is InChI=1S/C19H17N5O3S/c25-17-5-4-13(23-17)19-21-10-14(28-19)12-2-1-3-15(22-12)24-16-8-11(6-7-20-16)9-18(26)27/h1-3,6-8,10,13H,4-5,9H2,(H,23,25)(H,26,27)(H,20,22,24)/t13-/m0/s1. The van der Waals surface area contributed by atoms with Crippen molar-refractivity contribution in [2.45, 2.75) is 25.3 Å². The highest BCUT2D eigenvalue weighted by Gasteiger charge is 2.25. The van der Waals surface area contributed by atoms with Crippen LogP contribution in [-0.4, -0.2) is 31.9 Å². The molecule has 8 nitrogen and oxygen atoms in total. The van der Waals surface area contributed by atoms with E-state index >= 15 is 0 Å². The Bertz CT molecular complexity index is 1040. The predicted molar refractivity (Wildman–Crippen MR) is 104 cm³/mol. The molecule has 1 fully saturated rings. The lowest BCUT2D eigenvalue weighted by molar-refractivity contribution is -0.136. The van der Waals surface area contributed by atoms with Crippen molar-refractivity contribution in [2.24, 2.45) is 0 Å². The Balaban J connectivity index is 1.51. The molecule has 0 spiro atoms. The largest absolute Gasteiger partial charge is 0.481 e. The van der Waals surface area contributed by atoms with Gasteiger partial charge in [-0.15, -0.1) is 11.3 Å². The number of carboxylic acids is 1. The highest BCUT2D eigenvalue weighted by atomic mass is 32.1. The van der Waals surface area contributed by atoms with Crippen molar-refractivity contribution in [1.29, 1.82) is 0 Å². The van der Waals surface area contributed by atoms with E-state index in [2.05, 4.69) is 25.6 Å². The second-order valence-electron chi connectivity index (χ2n) is 6.37. The van der Waals surface area contributed by atoms with Gasteiger partial charge in [-0.05, 0) is 36.2 Å². The van der Waals surface area contributed by atoms with Gasteiger partial charge in [0.1, 0.15) is 16.6 Å². The lowest BCUT2D eigenvalue weighted by Gasteiger charge is -2.07. The second kappa shape index (κ2) is 7.73. The van der Waals surface area contributed by atoms with Gasteiger partial charge in [0.2, 0.25) is 5.91 Å². The summed E-state index contributed by atoms with van der Waals surface area (Å²) in [5, 5.41) is 15.8. The maximum Gasteiger partial charge on any atom is 0.307 e. The molecular formula is C19H17N5O3S. The zero-order chi connectivity index (χ0) is 19.5. The fraction of sp³-hybridized carbons (Fsp3) is 0.211. The minimum atomic E-state index is -0.892. The summed E-state index contributed by atoms with van der Waals surface area (Å²) >= 11 is 1.51. The number of pyridine rings is 2. The summed E-state index contributed by atoms with van der Waals surface area (Å²) in [5.41, 5.74) is 1.42. The number of carbonyl (C=O) groups excluding carboxylic acids is 1. The molecule has 3 N–H and O–H groups in total. The van der Waals surface area contributed by atoms with Crippen LogP contribution in [0.5, 0.6) is 0 Å². The van der Waals surface area contributed by atoms with E-state index in [-0.39, 0.29) is 18.4 Å². The Morgan fingerprint density at radius 1 is 1.29 bits per heavy atom. The highest BCUT2D eigenvalue weighted by molar-refractivity contribution is 7.15. The minimum absolute atomic E-state index is 0.0197. The summed E-state index contributed by atoms with van der Waals surface area (Å²) < 4.78 is 0. The van der Waals surface area contributed by atoms with E-state index in [1.807, 2.05) is 18.2 Å². The molecule has 4 rings (SSSR count). The number of hydrogen-bond acceptors (Lipinski definition) is 7. The molecule has 9 heteroatoms. The number of amides is 1.